The van der Waals surface area contributed by atoms with Gasteiger partial charge in [-0.15, -0.1) is 11.8 Å². The average Bonchev–Trinajstić information content (AvgIpc) is 2.67. The van der Waals surface area contributed by atoms with Gasteiger partial charge in [0.25, 0.3) is 0 Å². The van der Waals surface area contributed by atoms with Crippen molar-refractivity contribution in [3.8, 4) is 5.75 Å². The van der Waals surface area contributed by atoms with E-state index in [0.717, 1.165) is 56.7 Å². The Balaban J connectivity index is 1.41. The van der Waals surface area contributed by atoms with Crippen molar-refractivity contribution in [1.29, 1.82) is 0 Å². The number of carbonyl (C=O) groups excluding carboxylic acids is 1. The molecule has 0 unspecified atom stereocenters. The zero-order valence-corrected chi connectivity index (χ0v) is 15.3. The van der Waals surface area contributed by atoms with Crippen molar-refractivity contribution in [3.05, 3.63) is 36.4 Å². The van der Waals surface area contributed by atoms with Crippen LogP contribution in [0.5, 0.6) is 5.75 Å². The van der Waals surface area contributed by atoms with Crippen LogP contribution in [0.4, 0.5) is 0 Å². The lowest BCUT2D eigenvalue weighted by atomic mass is 9.91. The highest BCUT2D eigenvalue weighted by molar-refractivity contribution is 7.99. The van der Waals surface area contributed by atoms with E-state index in [9.17, 15) is 4.79 Å². The van der Waals surface area contributed by atoms with Crippen LogP contribution in [0.25, 0.3) is 0 Å². The van der Waals surface area contributed by atoms with Gasteiger partial charge in [0, 0.05) is 29.7 Å². The van der Waals surface area contributed by atoms with Crippen molar-refractivity contribution in [3.63, 3.8) is 0 Å². The van der Waals surface area contributed by atoms with E-state index in [4.69, 9.17) is 4.74 Å². The summed E-state index contributed by atoms with van der Waals surface area (Å²) in [4.78, 5) is 16.0. The van der Waals surface area contributed by atoms with Crippen LogP contribution in [0.3, 0.4) is 0 Å². The number of rotatable bonds is 5. The number of benzene rings is 1. The number of hydrogen-bond donors (Lipinski definition) is 0. The first-order valence-electron chi connectivity index (χ1n) is 8.97. The molecule has 1 heterocycles. The molecule has 3 nitrogen and oxygen atoms in total. The Labute approximate surface area is 149 Å². The van der Waals surface area contributed by atoms with Crippen LogP contribution < -0.4 is 4.74 Å². The molecule has 0 radical (unpaired) electrons. The summed E-state index contributed by atoms with van der Waals surface area (Å²) in [5.74, 6) is 3.39. The van der Waals surface area contributed by atoms with Gasteiger partial charge in [-0.1, -0.05) is 12.2 Å². The fraction of sp³-hybridized carbons (Fsp3) is 0.550. The van der Waals surface area contributed by atoms with Gasteiger partial charge in [-0.2, -0.15) is 0 Å². The van der Waals surface area contributed by atoms with Gasteiger partial charge < -0.3 is 9.64 Å². The molecule has 3 rings (SSSR count). The highest BCUT2D eigenvalue weighted by Crippen LogP contribution is 2.29. The van der Waals surface area contributed by atoms with E-state index in [1.807, 2.05) is 23.9 Å². The molecule has 2 aliphatic rings. The van der Waals surface area contributed by atoms with Gasteiger partial charge in [0.2, 0.25) is 5.91 Å². The Kier molecular flexibility index (Phi) is 6.24. The van der Waals surface area contributed by atoms with E-state index in [1.54, 1.807) is 7.11 Å². The Morgan fingerprint density at radius 1 is 1.17 bits per heavy atom. The van der Waals surface area contributed by atoms with Crippen molar-refractivity contribution in [2.24, 2.45) is 11.8 Å². The molecular weight excluding hydrogens is 318 g/mol. The minimum Gasteiger partial charge on any atom is -0.497 e. The third-order valence-corrected chi connectivity index (χ3v) is 6.33. The number of likely N-dealkylation sites (tertiary alicyclic amines) is 1. The Hall–Kier alpha value is -1.42. The zero-order valence-electron chi connectivity index (χ0n) is 14.4. The van der Waals surface area contributed by atoms with E-state index in [0.29, 0.717) is 11.8 Å². The van der Waals surface area contributed by atoms with E-state index >= 15 is 0 Å². The number of amides is 1. The molecule has 130 valence electrons. The number of piperidine rings is 1. The predicted molar refractivity (Wildman–Crippen MR) is 99.5 cm³/mol. The van der Waals surface area contributed by atoms with Crippen LogP contribution in [0, 0.1) is 11.8 Å². The quantitative estimate of drug-likeness (QED) is 0.586. The molecule has 1 saturated heterocycles. The summed E-state index contributed by atoms with van der Waals surface area (Å²) in [7, 11) is 1.70. The molecule has 1 aromatic carbocycles. The summed E-state index contributed by atoms with van der Waals surface area (Å²) in [6.45, 7) is 1.87. The molecule has 0 bridgehead atoms. The maximum Gasteiger partial charge on any atom is 0.226 e. The number of carbonyl (C=O) groups is 1. The van der Waals surface area contributed by atoms with Gasteiger partial charge >= 0.3 is 0 Å². The maximum atomic E-state index is 12.6. The molecule has 0 N–H and O–H groups in total. The van der Waals surface area contributed by atoms with Crippen LogP contribution in [0.15, 0.2) is 41.3 Å². The SMILES string of the molecule is COc1ccc(SCC2CCN(C(=O)[C@H]3CC=CCC3)CC2)cc1. The number of ether oxygens (including phenoxy) is 1. The van der Waals surface area contributed by atoms with Crippen LogP contribution >= 0.6 is 11.8 Å². The van der Waals surface area contributed by atoms with Crippen LogP contribution in [-0.2, 0) is 4.79 Å². The predicted octanol–water partition coefficient (Wildman–Crippen LogP) is 4.38. The zero-order chi connectivity index (χ0) is 16.8. The Morgan fingerprint density at radius 3 is 2.54 bits per heavy atom. The first kappa shape index (κ1) is 17.4. The largest absolute Gasteiger partial charge is 0.497 e. The molecule has 1 aliphatic heterocycles. The monoisotopic (exact) mass is 345 g/mol. The lowest BCUT2D eigenvalue weighted by Gasteiger charge is -2.34. The first-order chi connectivity index (χ1) is 11.8. The summed E-state index contributed by atoms with van der Waals surface area (Å²) in [5.41, 5.74) is 0. The molecule has 0 saturated carbocycles. The van der Waals surface area contributed by atoms with Crippen molar-refractivity contribution in [2.45, 2.75) is 37.0 Å². The van der Waals surface area contributed by atoms with Crippen LogP contribution in [0.2, 0.25) is 0 Å². The van der Waals surface area contributed by atoms with Crippen molar-refractivity contribution < 1.29 is 9.53 Å². The maximum absolute atomic E-state index is 12.6. The highest BCUT2D eigenvalue weighted by Gasteiger charge is 2.28. The second kappa shape index (κ2) is 8.61. The second-order valence-corrected chi connectivity index (χ2v) is 7.83. The number of allylic oxidation sites excluding steroid dienone is 2. The molecule has 24 heavy (non-hydrogen) atoms. The summed E-state index contributed by atoms with van der Waals surface area (Å²) in [6.07, 6.45) is 9.67. The number of thioether (sulfide) groups is 1. The number of nitrogens with zero attached hydrogens (tertiary/aromatic N) is 1. The molecular formula is C20H27NO2S. The van der Waals surface area contributed by atoms with Gasteiger partial charge in [0.05, 0.1) is 7.11 Å². The molecule has 0 aromatic heterocycles. The summed E-state index contributed by atoms with van der Waals surface area (Å²) in [5, 5.41) is 0. The minimum atomic E-state index is 0.236. The summed E-state index contributed by atoms with van der Waals surface area (Å²) < 4.78 is 5.20. The molecule has 1 aliphatic carbocycles. The molecule has 4 heteroatoms. The van der Waals surface area contributed by atoms with Crippen LogP contribution in [0.1, 0.15) is 32.1 Å². The first-order valence-corrected chi connectivity index (χ1v) is 9.95. The van der Waals surface area contributed by atoms with Gasteiger partial charge in [-0.05, 0) is 62.3 Å². The molecule has 1 amide bonds. The smallest absolute Gasteiger partial charge is 0.226 e. The van der Waals surface area contributed by atoms with E-state index in [1.165, 1.54) is 4.90 Å². The topological polar surface area (TPSA) is 29.5 Å². The van der Waals surface area contributed by atoms with Gasteiger partial charge in [-0.25, -0.2) is 0 Å². The Bertz CT molecular complexity index is 562. The van der Waals surface area contributed by atoms with Crippen molar-refractivity contribution >= 4 is 17.7 Å². The van der Waals surface area contributed by atoms with E-state index in [-0.39, 0.29) is 5.92 Å². The fourth-order valence-corrected chi connectivity index (χ4v) is 4.57. The van der Waals surface area contributed by atoms with Crippen LogP contribution in [-0.4, -0.2) is 36.8 Å². The van der Waals surface area contributed by atoms with Gasteiger partial charge in [-0.3, -0.25) is 4.79 Å². The Morgan fingerprint density at radius 2 is 1.92 bits per heavy atom. The molecule has 1 atom stereocenters. The fourth-order valence-electron chi connectivity index (χ4n) is 3.48. The molecule has 0 spiro atoms. The van der Waals surface area contributed by atoms with Gasteiger partial charge in [0.1, 0.15) is 5.75 Å². The van der Waals surface area contributed by atoms with E-state index < -0.39 is 0 Å². The van der Waals surface area contributed by atoms with Gasteiger partial charge in [0.15, 0.2) is 0 Å². The molecule has 1 aromatic rings. The normalized spacial score (nSPS) is 21.7. The standard InChI is InChI=1S/C20H27NO2S/c1-23-18-7-9-19(10-8-18)24-15-16-11-13-21(14-12-16)20(22)17-5-3-2-4-6-17/h2-3,7-10,16-17H,4-6,11-15H2,1H3/t17-/m0/s1. The number of methoxy groups -OCH3 is 1. The molecule has 1 fully saturated rings. The highest BCUT2D eigenvalue weighted by atomic mass is 32.2. The third-order valence-electron chi connectivity index (χ3n) is 5.09. The minimum absolute atomic E-state index is 0.236. The third kappa shape index (κ3) is 4.56. The lowest BCUT2D eigenvalue weighted by molar-refractivity contribution is -0.137. The van der Waals surface area contributed by atoms with E-state index in [2.05, 4.69) is 29.2 Å². The number of hydrogen-bond acceptors (Lipinski definition) is 3. The summed E-state index contributed by atoms with van der Waals surface area (Å²) >= 11 is 1.92. The second-order valence-electron chi connectivity index (χ2n) is 6.74. The average molecular weight is 346 g/mol. The van der Waals surface area contributed by atoms with Crippen molar-refractivity contribution in [2.75, 3.05) is 26.0 Å². The lowest BCUT2D eigenvalue weighted by Crippen LogP contribution is -2.42. The summed E-state index contributed by atoms with van der Waals surface area (Å²) in [6, 6.07) is 8.28. The van der Waals surface area contributed by atoms with Crippen molar-refractivity contribution in [1.82, 2.24) is 4.90 Å².